The van der Waals surface area contributed by atoms with Gasteiger partial charge in [0.1, 0.15) is 17.1 Å². The number of likely N-dealkylation sites (tertiary alicyclic amines) is 1. The molecule has 1 fully saturated rings. The summed E-state index contributed by atoms with van der Waals surface area (Å²) in [4.78, 5) is 23.9. The first-order valence-electron chi connectivity index (χ1n) is 10.8. The highest BCUT2D eigenvalue weighted by Gasteiger charge is 2.35. The zero-order valence-electron chi connectivity index (χ0n) is 18.6. The molecule has 12 heteroatoms. The number of carbonyl (C=O) groups is 1. The van der Waals surface area contributed by atoms with Crippen LogP contribution < -0.4 is 5.32 Å². The molecule has 8 nitrogen and oxygen atoms in total. The van der Waals surface area contributed by atoms with E-state index in [0.29, 0.717) is 24.5 Å². The second-order valence-electron chi connectivity index (χ2n) is 8.27. The maximum absolute atomic E-state index is 15.2. The SMILES string of the molecule is Cc1ccc(-n2nccn2)c(C(=O)N2CCCC(C)C2CNc2ncc(C(F)(F)F)cn2)c1F. The highest BCUT2D eigenvalue weighted by molar-refractivity contribution is 5.98. The van der Waals surface area contributed by atoms with Crippen molar-refractivity contribution in [2.45, 2.75) is 38.9 Å². The van der Waals surface area contributed by atoms with Gasteiger partial charge in [0.2, 0.25) is 5.95 Å². The van der Waals surface area contributed by atoms with Crippen LogP contribution in [0.5, 0.6) is 0 Å². The van der Waals surface area contributed by atoms with Crippen molar-refractivity contribution in [2.75, 3.05) is 18.4 Å². The van der Waals surface area contributed by atoms with Gasteiger partial charge in [-0.25, -0.2) is 14.4 Å². The van der Waals surface area contributed by atoms with Crippen molar-refractivity contribution in [3.05, 3.63) is 59.4 Å². The highest BCUT2D eigenvalue weighted by atomic mass is 19.4. The van der Waals surface area contributed by atoms with E-state index in [2.05, 4.69) is 25.5 Å². The van der Waals surface area contributed by atoms with Gasteiger partial charge < -0.3 is 10.2 Å². The van der Waals surface area contributed by atoms with Crippen molar-refractivity contribution in [3.8, 4) is 5.69 Å². The van der Waals surface area contributed by atoms with Gasteiger partial charge in [-0.1, -0.05) is 13.0 Å². The summed E-state index contributed by atoms with van der Waals surface area (Å²) in [6.45, 7) is 4.15. The van der Waals surface area contributed by atoms with Crippen LogP contribution in [0.25, 0.3) is 5.69 Å². The van der Waals surface area contributed by atoms with E-state index in [1.807, 2.05) is 6.92 Å². The van der Waals surface area contributed by atoms with Crippen molar-refractivity contribution >= 4 is 11.9 Å². The van der Waals surface area contributed by atoms with Crippen LogP contribution >= 0.6 is 0 Å². The van der Waals surface area contributed by atoms with Crippen LogP contribution in [-0.2, 0) is 6.18 Å². The Morgan fingerprint density at radius 2 is 1.85 bits per heavy atom. The van der Waals surface area contributed by atoms with Gasteiger partial charge in [-0.2, -0.15) is 28.2 Å². The van der Waals surface area contributed by atoms with Crippen LogP contribution in [-0.4, -0.2) is 54.9 Å². The van der Waals surface area contributed by atoms with Crippen LogP contribution in [0.2, 0.25) is 0 Å². The predicted molar refractivity (Wildman–Crippen MR) is 115 cm³/mol. The van der Waals surface area contributed by atoms with Crippen LogP contribution in [0.3, 0.4) is 0 Å². The molecule has 3 aromatic rings. The third kappa shape index (κ3) is 4.70. The second kappa shape index (κ2) is 9.35. The largest absolute Gasteiger partial charge is 0.419 e. The molecular weight excluding hydrogens is 454 g/mol. The lowest BCUT2D eigenvalue weighted by Crippen LogP contribution is -2.51. The molecule has 3 heterocycles. The average Bonchev–Trinajstić information content (AvgIpc) is 3.34. The minimum absolute atomic E-state index is 0.0151. The van der Waals surface area contributed by atoms with Gasteiger partial charge in [0.15, 0.2) is 0 Å². The Kier molecular flexibility index (Phi) is 6.49. The maximum atomic E-state index is 15.2. The number of nitrogens with one attached hydrogen (secondary N) is 1. The summed E-state index contributed by atoms with van der Waals surface area (Å²) in [5.41, 5.74) is -0.525. The third-order valence-corrected chi connectivity index (χ3v) is 5.99. The van der Waals surface area contributed by atoms with E-state index in [1.54, 1.807) is 24.0 Å². The monoisotopic (exact) mass is 477 g/mol. The van der Waals surface area contributed by atoms with Crippen molar-refractivity contribution in [3.63, 3.8) is 0 Å². The summed E-state index contributed by atoms with van der Waals surface area (Å²) in [7, 11) is 0. The molecule has 0 radical (unpaired) electrons. The van der Waals surface area contributed by atoms with E-state index in [0.717, 1.165) is 12.8 Å². The Balaban J connectivity index is 1.59. The molecule has 0 saturated carbocycles. The Morgan fingerprint density at radius 3 is 2.50 bits per heavy atom. The van der Waals surface area contributed by atoms with Crippen LogP contribution in [0.15, 0.2) is 36.9 Å². The predicted octanol–water partition coefficient (Wildman–Crippen LogP) is 3.88. The Bertz CT molecular complexity index is 1150. The van der Waals surface area contributed by atoms with Crippen LogP contribution in [0.1, 0.15) is 41.3 Å². The fourth-order valence-corrected chi connectivity index (χ4v) is 4.10. The van der Waals surface area contributed by atoms with Gasteiger partial charge in [-0.15, -0.1) is 0 Å². The van der Waals surface area contributed by atoms with Crippen molar-refractivity contribution < 1.29 is 22.4 Å². The first kappa shape index (κ1) is 23.6. The summed E-state index contributed by atoms with van der Waals surface area (Å²) >= 11 is 0. The molecule has 1 aliphatic rings. The number of amides is 1. The van der Waals surface area contributed by atoms with Crippen LogP contribution in [0.4, 0.5) is 23.5 Å². The number of aromatic nitrogens is 5. The first-order valence-corrected chi connectivity index (χ1v) is 10.8. The number of carbonyl (C=O) groups excluding carboxylic acids is 1. The second-order valence-corrected chi connectivity index (χ2v) is 8.27. The van der Waals surface area contributed by atoms with E-state index >= 15 is 4.39 Å². The summed E-state index contributed by atoms with van der Waals surface area (Å²) in [5, 5.41) is 11.0. The van der Waals surface area contributed by atoms with E-state index in [4.69, 9.17) is 0 Å². The molecule has 2 atom stereocenters. The molecule has 180 valence electrons. The van der Waals surface area contributed by atoms with Gasteiger partial charge in [0.25, 0.3) is 5.91 Å². The molecule has 1 N–H and O–H groups in total. The lowest BCUT2D eigenvalue weighted by molar-refractivity contribution is -0.138. The number of benzene rings is 1. The molecule has 1 amide bonds. The zero-order chi connectivity index (χ0) is 24.5. The molecule has 2 aromatic heterocycles. The number of anilines is 1. The van der Waals surface area contributed by atoms with Gasteiger partial charge in [-0.3, -0.25) is 4.79 Å². The van der Waals surface area contributed by atoms with Gasteiger partial charge in [-0.05, 0) is 37.3 Å². The van der Waals surface area contributed by atoms with Crippen molar-refractivity contribution in [2.24, 2.45) is 5.92 Å². The highest BCUT2D eigenvalue weighted by Crippen LogP contribution is 2.30. The molecule has 0 bridgehead atoms. The summed E-state index contributed by atoms with van der Waals surface area (Å²) in [6, 6.07) is 2.80. The van der Waals surface area contributed by atoms with Gasteiger partial charge >= 0.3 is 6.18 Å². The average molecular weight is 477 g/mol. The maximum Gasteiger partial charge on any atom is 0.419 e. The Morgan fingerprint density at radius 1 is 1.18 bits per heavy atom. The number of nitrogens with zero attached hydrogens (tertiary/aromatic N) is 6. The topological polar surface area (TPSA) is 88.8 Å². The fraction of sp³-hybridized carbons (Fsp3) is 0.409. The number of rotatable bonds is 5. The number of piperidine rings is 1. The molecule has 4 rings (SSSR count). The standard InChI is InChI=1S/C22H23F4N7O/c1-13-4-3-9-32(17(13)12-29-21-27-10-15(11-28-21)22(24,25)26)20(34)18-16(33-30-7-8-31-33)6-5-14(2)19(18)23/h5-8,10-11,13,17H,3-4,9,12H2,1-2H3,(H,27,28,29). The van der Waals surface area contributed by atoms with E-state index < -0.39 is 23.5 Å². The van der Waals surface area contributed by atoms with E-state index in [9.17, 15) is 18.0 Å². The van der Waals surface area contributed by atoms with Gasteiger partial charge in [0.05, 0.1) is 24.0 Å². The smallest absolute Gasteiger partial charge is 0.352 e. The number of aryl methyl sites for hydroxylation is 1. The minimum atomic E-state index is -4.53. The quantitative estimate of drug-likeness (QED) is 0.562. The normalized spacial score (nSPS) is 18.7. The molecule has 34 heavy (non-hydrogen) atoms. The van der Waals surface area contributed by atoms with Crippen molar-refractivity contribution in [1.82, 2.24) is 29.9 Å². The molecule has 0 spiro atoms. The molecule has 1 aromatic carbocycles. The molecule has 0 aliphatic carbocycles. The fourth-order valence-electron chi connectivity index (χ4n) is 4.10. The number of hydrogen-bond acceptors (Lipinski definition) is 6. The number of hydrogen-bond donors (Lipinski definition) is 1. The van der Waals surface area contributed by atoms with E-state index in [-0.39, 0.29) is 35.7 Å². The van der Waals surface area contributed by atoms with Crippen molar-refractivity contribution in [1.29, 1.82) is 0 Å². The summed E-state index contributed by atoms with van der Waals surface area (Å²) in [5.74, 6) is -1.07. The minimum Gasteiger partial charge on any atom is -0.352 e. The molecule has 1 saturated heterocycles. The van der Waals surface area contributed by atoms with Gasteiger partial charge in [0, 0.05) is 25.5 Å². The zero-order valence-corrected chi connectivity index (χ0v) is 18.6. The number of halogens is 4. The summed E-state index contributed by atoms with van der Waals surface area (Å²) < 4.78 is 53.5. The van der Waals surface area contributed by atoms with Crippen LogP contribution in [0, 0.1) is 18.7 Å². The molecule has 1 aliphatic heterocycles. The van der Waals surface area contributed by atoms with E-state index in [1.165, 1.54) is 17.2 Å². The lowest BCUT2D eigenvalue weighted by Gasteiger charge is -2.40. The number of alkyl halides is 3. The Labute approximate surface area is 193 Å². The summed E-state index contributed by atoms with van der Waals surface area (Å²) in [6.07, 6.45) is 1.33. The molecule has 2 unspecified atom stereocenters. The molecular formula is C22H23F4N7O. The lowest BCUT2D eigenvalue weighted by atomic mass is 9.89. The third-order valence-electron chi connectivity index (χ3n) is 5.99. The Hall–Kier alpha value is -3.57. The first-order chi connectivity index (χ1) is 16.2.